The molecule has 0 amide bonds. The summed E-state index contributed by atoms with van der Waals surface area (Å²) in [5.74, 6) is 0. The summed E-state index contributed by atoms with van der Waals surface area (Å²) in [7, 11) is 0. The monoisotopic (exact) mass is 252 g/mol. The van der Waals surface area contributed by atoms with Gasteiger partial charge < -0.3 is 5.32 Å². The molecule has 3 atom stereocenters. The number of halogens is 3. The number of nitrogens with one attached hydrogen (secondary N) is 1. The number of hydrogen-bond donors (Lipinski definition) is 1. The van der Waals surface area contributed by atoms with Gasteiger partial charge in [-0.15, -0.1) is 0 Å². The zero-order valence-electron chi connectivity index (χ0n) is 10.8. The molecule has 0 radical (unpaired) electrons. The van der Waals surface area contributed by atoms with Crippen LogP contribution in [0.15, 0.2) is 0 Å². The maximum atomic E-state index is 12.3. The third-order valence-corrected chi connectivity index (χ3v) is 3.51. The van der Waals surface area contributed by atoms with Gasteiger partial charge >= 0.3 is 6.18 Å². The summed E-state index contributed by atoms with van der Waals surface area (Å²) in [6.45, 7) is 7.45. The van der Waals surface area contributed by atoms with Gasteiger partial charge in [0.2, 0.25) is 0 Å². The minimum Gasteiger partial charge on any atom is -0.314 e. The van der Waals surface area contributed by atoms with Crippen molar-refractivity contribution in [2.75, 3.05) is 13.1 Å². The molecule has 0 bridgehead atoms. The van der Waals surface area contributed by atoms with Crippen molar-refractivity contribution < 1.29 is 13.2 Å². The van der Waals surface area contributed by atoms with Crippen LogP contribution < -0.4 is 5.32 Å². The van der Waals surface area contributed by atoms with Crippen molar-refractivity contribution in [1.82, 2.24) is 10.2 Å². The molecule has 0 aliphatic carbocycles. The number of likely N-dealkylation sites (tertiary alicyclic amines) is 1. The van der Waals surface area contributed by atoms with Gasteiger partial charge in [0.1, 0.15) is 0 Å². The highest BCUT2D eigenvalue weighted by molar-refractivity contribution is 4.86. The van der Waals surface area contributed by atoms with Gasteiger partial charge in [-0.25, -0.2) is 0 Å². The Morgan fingerprint density at radius 3 is 2.53 bits per heavy atom. The summed E-state index contributed by atoms with van der Waals surface area (Å²) < 4.78 is 37.0. The summed E-state index contributed by atoms with van der Waals surface area (Å²) in [5.41, 5.74) is 0. The van der Waals surface area contributed by atoms with E-state index in [0.717, 1.165) is 25.9 Å². The third-order valence-electron chi connectivity index (χ3n) is 3.51. The van der Waals surface area contributed by atoms with Crippen molar-refractivity contribution in [3.8, 4) is 0 Å². The van der Waals surface area contributed by atoms with Crippen LogP contribution in [0.1, 0.15) is 40.0 Å². The molecule has 1 fully saturated rings. The molecule has 0 aromatic rings. The fourth-order valence-electron chi connectivity index (χ4n) is 2.77. The molecule has 3 unspecified atom stereocenters. The van der Waals surface area contributed by atoms with Crippen LogP contribution in [0, 0.1) is 0 Å². The summed E-state index contributed by atoms with van der Waals surface area (Å²) >= 11 is 0. The molecule has 0 aromatic heterocycles. The second-order valence-electron chi connectivity index (χ2n) is 5.03. The van der Waals surface area contributed by atoms with Crippen LogP contribution in [0.5, 0.6) is 0 Å². The quantitative estimate of drug-likeness (QED) is 0.827. The molecule has 102 valence electrons. The van der Waals surface area contributed by atoms with Crippen LogP contribution in [-0.4, -0.2) is 42.3 Å². The van der Waals surface area contributed by atoms with Crippen molar-refractivity contribution in [1.29, 1.82) is 0 Å². The summed E-state index contributed by atoms with van der Waals surface area (Å²) in [6, 6.07) is 0.280. The standard InChI is InChI=1S/C12H23F3N2/c1-4-16-11-5-6-17(9(2)7-11)10(3)8-12(13,14)15/h9-11,16H,4-8H2,1-3H3. The Morgan fingerprint density at radius 1 is 1.41 bits per heavy atom. The van der Waals surface area contributed by atoms with E-state index >= 15 is 0 Å². The zero-order valence-corrected chi connectivity index (χ0v) is 10.8. The first-order chi connectivity index (χ1) is 7.83. The zero-order chi connectivity index (χ0) is 13.1. The van der Waals surface area contributed by atoms with E-state index in [9.17, 15) is 13.2 Å². The highest BCUT2D eigenvalue weighted by atomic mass is 19.4. The number of alkyl halides is 3. The Morgan fingerprint density at radius 2 is 2.06 bits per heavy atom. The van der Waals surface area contributed by atoms with Crippen LogP contribution in [0.4, 0.5) is 13.2 Å². The highest BCUT2D eigenvalue weighted by Crippen LogP contribution is 2.27. The van der Waals surface area contributed by atoms with Crippen LogP contribution >= 0.6 is 0 Å². The molecule has 0 spiro atoms. The van der Waals surface area contributed by atoms with Crippen LogP contribution in [0.3, 0.4) is 0 Å². The van der Waals surface area contributed by atoms with E-state index < -0.39 is 18.6 Å². The second-order valence-corrected chi connectivity index (χ2v) is 5.03. The van der Waals surface area contributed by atoms with Gasteiger partial charge in [-0.2, -0.15) is 13.2 Å². The van der Waals surface area contributed by atoms with Gasteiger partial charge in [0, 0.05) is 24.7 Å². The van der Waals surface area contributed by atoms with Gasteiger partial charge in [-0.1, -0.05) is 6.92 Å². The SMILES string of the molecule is CCNC1CCN(C(C)CC(F)(F)F)C(C)C1. The number of rotatable bonds is 4. The Balaban J connectivity index is 2.45. The summed E-state index contributed by atoms with van der Waals surface area (Å²) in [4.78, 5) is 1.99. The van der Waals surface area contributed by atoms with Crippen molar-refractivity contribution >= 4 is 0 Å². The fraction of sp³-hybridized carbons (Fsp3) is 1.00. The Labute approximate surface area is 102 Å². The van der Waals surface area contributed by atoms with Crippen LogP contribution in [-0.2, 0) is 0 Å². The molecule has 0 saturated carbocycles. The topological polar surface area (TPSA) is 15.3 Å². The van der Waals surface area contributed by atoms with Gasteiger partial charge in [-0.3, -0.25) is 4.90 Å². The lowest BCUT2D eigenvalue weighted by Gasteiger charge is -2.41. The molecule has 1 rings (SSSR count). The maximum absolute atomic E-state index is 12.3. The Hall–Kier alpha value is -0.290. The van der Waals surface area contributed by atoms with Crippen molar-refractivity contribution in [3.05, 3.63) is 0 Å². The molecule has 0 aromatic carbocycles. The Bertz CT molecular complexity index is 230. The molecule has 2 nitrogen and oxygen atoms in total. The van der Waals surface area contributed by atoms with E-state index in [0.29, 0.717) is 6.04 Å². The molecule has 1 N–H and O–H groups in total. The van der Waals surface area contributed by atoms with E-state index in [2.05, 4.69) is 12.2 Å². The van der Waals surface area contributed by atoms with E-state index in [-0.39, 0.29) is 6.04 Å². The molecular formula is C12H23F3N2. The molecule has 1 aliphatic rings. The minimum atomic E-state index is -4.06. The van der Waals surface area contributed by atoms with Crippen LogP contribution in [0.25, 0.3) is 0 Å². The first-order valence-electron chi connectivity index (χ1n) is 6.39. The van der Waals surface area contributed by atoms with E-state index in [4.69, 9.17) is 0 Å². The van der Waals surface area contributed by atoms with E-state index in [1.807, 2.05) is 11.8 Å². The summed E-state index contributed by atoms with van der Waals surface area (Å²) in [5, 5.41) is 3.37. The lowest BCUT2D eigenvalue weighted by molar-refractivity contribution is -0.148. The Kier molecular flexibility index (Phi) is 5.25. The van der Waals surface area contributed by atoms with Crippen molar-refractivity contribution in [3.63, 3.8) is 0 Å². The normalized spacial score (nSPS) is 29.3. The third kappa shape index (κ3) is 4.84. The fourth-order valence-corrected chi connectivity index (χ4v) is 2.77. The van der Waals surface area contributed by atoms with E-state index in [1.165, 1.54) is 0 Å². The lowest BCUT2D eigenvalue weighted by atomic mass is 9.96. The molecule has 1 saturated heterocycles. The molecule has 5 heteroatoms. The average molecular weight is 252 g/mol. The summed E-state index contributed by atoms with van der Waals surface area (Å²) in [6.07, 6.45) is -2.88. The number of nitrogens with zero attached hydrogens (tertiary/aromatic N) is 1. The largest absolute Gasteiger partial charge is 0.390 e. The molecular weight excluding hydrogens is 229 g/mol. The van der Waals surface area contributed by atoms with Crippen LogP contribution in [0.2, 0.25) is 0 Å². The van der Waals surface area contributed by atoms with Gasteiger partial charge in [-0.05, 0) is 33.2 Å². The van der Waals surface area contributed by atoms with Crippen molar-refractivity contribution in [2.45, 2.75) is 64.3 Å². The van der Waals surface area contributed by atoms with Crippen molar-refractivity contribution in [2.24, 2.45) is 0 Å². The average Bonchev–Trinajstić information content (AvgIpc) is 2.15. The highest BCUT2D eigenvalue weighted by Gasteiger charge is 2.35. The molecule has 17 heavy (non-hydrogen) atoms. The first kappa shape index (κ1) is 14.8. The molecule has 1 heterocycles. The second kappa shape index (κ2) is 6.05. The maximum Gasteiger partial charge on any atom is 0.390 e. The smallest absolute Gasteiger partial charge is 0.314 e. The molecule has 1 aliphatic heterocycles. The lowest BCUT2D eigenvalue weighted by Crippen LogP contribution is -2.51. The number of piperidine rings is 1. The van der Waals surface area contributed by atoms with E-state index in [1.54, 1.807) is 6.92 Å². The van der Waals surface area contributed by atoms with Gasteiger partial charge in [0.15, 0.2) is 0 Å². The first-order valence-corrected chi connectivity index (χ1v) is 6.39. The van der Waals surface area contributed by atoms with Gasteiger partial charge in [0.05, 0.1) is 6.42 Å². The predicted molar refractivity (Wildman–Crippen MR) is 63.0 cm³/mol. The predicted octanol–water partition coefficient (Wildman–Crippen LogP) is 2.79. The van der Waals surface area contributed by atoms with Gasteiger partial charge in [0.25, 0.3) is 0 Å². The number of hydrogen-bond acceptors (Lipinski definition) is 2. The minimum absolute atomic E-state index is 0.227.